The summed E-state index contributed by atoms with van der Waals surface area (Å²) in [5.41, 5.74) is 0.650. The average molecular weight is 425 g/mol. The van der Waals surface area contributed by atoms with Gasteiger partial charge in [-0.15, -0.1) is 0 Å². The summed E-state index contributed by atoms with van der Waals surface area (Å²) in [6.45, 7) is 2.77. The number of carbonyl (C=O) groups is 1. The molecular formula is C17H16INO4. The summed E-state index contributed by atoms with van der Waals surface area (Å²) in [4.78, 5) is 12.2. The molecule has 1 unspecified atom stereocenters. The lowest BCUT2D eigenvalue weighted by molar-refractivity contribution is -0.122. The summed E-state index contributed by atoms with van der Waals surface area (Å²) in [5.74, 6) is 1.77. The van der Waals surface area contributed by atoms with Gasteiger partial charge in [0.05, 0.1) is 0 Å². The van der Waals surface area contributed by atoms with E-state index in [1.165, 1.54) is 0 Å². The first-order valence-corrected chi connectivity index (χ1v) is 8.32. The summed E-state index contributed by atoms with van der Waals surface area (Å²) in [7, 11) is 0. The molecule has 120 valence electrons. The molecule has 0 saturated carbocycles. The maximum absolute atomic E-state index is 12.2. The second kappa shape index (κ2) is 7.08. The lowest BCUT2D eigenvalue weighted by atomic mass is 10.2. The highest BCUT2D eigenvalue weighted by Crippen LogP contribution is 2.32. The molecule has 0 fully saturated rings. The van der Waals surface area contributed by atoms with E-state index in [0.29, 0.717) is 36.1 Å². The molecule has 1 heterocycles. The molecule has 2 aromatic rings. The van der Waals surface area contributed by atoms with Crippen LogP contribution in [-0.4, -0.2) is 25.2 Å². The van der Waals surface area contributed by atoms with Crippen molar-refractivity contribution in [3.05, 3.63) is 46.0 Å². The molecule has 0 aromatic heterocycles. The molecule has 3 rings (SSSR count). The van der Waals surface area contributed by atoms with Crippen LogP contribution in [0, 0.1) is 3.57 Å². The molecule has 1 aliphatic rings. The third-order valence-corrected chi connectivity index (χ3v) is 4.02. The van der Waals surface area contributed by atoms with Crippen LogP contribution in [0.25, 0.3) is 0 Å². The molecule has 0 radical (unpaired) electrons. The van der Waals surface area contributed by atoms with Gasteiger partial charge < -0.3 is 19.5 Å². The molecule has 1 atom stereocenters. The minimum atomic E-state index is -0.608. The molecule has 0 aliphatic carbocycles. The molecule has 0 spiro atoms. The Morgan fingerprint density at radius 1 is 1.13 bits per heavy atom. The molecular weight excluding hydrogens is 409 g/mol. The van der Waals surface area contributed by atoms with E-state index in [4.69, 9.17) is 14.2 Å². The molecule has 1 aliphatic heterocycles. The number of rotatable bonds is 4. The van der Waals surface area contributed by atoms with Crippen molar-refractivity contribution in [1.29, 1.82) is 0 Å². The number of halogens is 1. The highest BCUT2D eigenvalue weighted by atomic mass is 127. The van der Waals surface area contributed by atoms with Gasteiger partial charge in [-0.05, 0) is 65.9 Å². The van der Waals surface area contributed by atoms with Crippen molar-refractivity contribution in [2.75, 3.05) is 18.5 Å². The Bertz CT molecular complexity index is 702. The maximum Gasteiger partial charge on any atom is 0.265 e. The second-order valence-corrected chi connectivity index (χ2v) is 6.31. The lowest BCUT2D eigenvalue weighted by Crippen LogP contribution is -2.30. The van der Waals surface area contributed by atoms with Gasteiger partial charge in [0.2, 0.25) is 0 Å². The number of hydrogen-bond donors (Lipinski definition) is 1. The Morgan fingerprint density at radius 2 is 1.83 bits per heavy atom. The second-order valence-electron chi connectivity index (χ2n) is 5.06. The number of amides is 1. The molecule has 0 saturated heterocycles. The Balaban J connectivity index is 1.63. The van der Waals surface area contributed by atoms with Crippen LogP contribution in [0.4, 0.5) is 5.69 Å². The lowest BCUT2D eigenvalue weighted by Gasteiger charge is -2.19. The number of hydrogen-bond acceptors (Lipinski definition) is 4. The number of fused-ring (bicyclic) bond motifs is 1. The molecule has 6 heteroatoms. The molecule has 1 amide bonds. The van der Waals surface area contributed by atoms with Crippen molar-refractivity contribution in [3.8, 4) is 17.2 Å². The van der Waals surface area contributed by atoms with Crippen molar-refractivity contribution in [2.45, 2.75) is 13.0 Å². The van der Waals surface area contributed by atoms with Crippen LogP contribution >= 0.6 is 22.6 Å². The van der Waals surface area contributed by atoms with Crippen LogP contribution in [0.5, 0.6) is 17.2 Å². The first-order valence-electron chi connectivity index (χ1n) is 7.24. The van der Waals surface area contributed by atoms with Crippen molar-refractivity contribution < 1.29 is 19.0 Å². The molecule has 5 nitrogen and oxygen atoms in total. The number of anilines is 1. The van der Waals surface area contributed by atoms with Gasteiger partial charge >= 0.3 is 0 Å². The Kier molecular flexibility index (Phi) is 4.90. The van der Waals surface area contributed by atoms with Crippen molar-refractivity contribution in [1.82, 2.24) is 0 Å². The van der Waals surface area contributed by atoms with Crippen molar-refractivity contribution >= 4 is 34.2 Å². The van der Waals surface area contributed by atoms with Crippen LogP contribution in [0.1, 0.15) is 6.92 Å². The smallest absolute Gasteiger partial charge is 0.265 e. The first-order chi connectivity index (χ1) is 11.1. The third kappa shape index (κ3) is 4.07. The van der Waals surface area contributed by atoms with Gasteiger partial charge in [-0.2, -0.15) is 0 Å². The van der Waals surface area contributed by atoms with Crippen LogP contribution in [0.3, 0.4) is 0 Å². The fourth-order valence-corrected chi connectivity index (χ4v) is 2.50. The zero-order valence-electron chi connectivity index (χ0n) is 12.5. The minimum absolute atomic E-state index is 0.222. The molecule has 23 heavy (non-hydrogen) atoms. The van der Waals surface area contributed by atoms with E-state index < -0.39 is 6.10 Å². The van der Waals surface area contributed by atoms with Crippen LogP contribution in [-0.2, 0) is 4.79 Å². The number of benzene rings is 2. The first kappa shape index (κ1) is 15.9. The Morgan fingerprint density at radius 3 is 2.57 bits per heavy atom. The van der Waals surface area contributed by atoms with Gasteiger partial charge in [-0.3, -0.25) is 4.79 Å². The molecule has 1 N–H and O–H groups in total. The van der Waals surface area contributed by atoms with Crippen molar-refractivity contribution in [3.63, 3.8) is 0 Å². The predicted molar refractivity (Wildman–Crippen MR) is 95.3 cm³/mol. The van der Waals surface area contributed by atoms with E-state index in [9.17, 15) is 4.79 Å². The summed E-state index contributed by atoms with van der Waals surface area (Å²) in [6, 6.07) is 12.9. The van der Waals surface area contributed by atoms with Gasteiger partial charge in [-0.25, -0.2) is 0 Å². The number of nitrogens with one attached hydrogen (secondary N) is 1. The highest BCUT2D eigenvalue weighted by molar-refractivity contribution is 14.1. The zero-order valence-corrected chi connectivity index (χ0v) is 14.7. The maximum atomic E-state index is 12.2. The standard InChI is InChI=1S/C17H16INO4/c1-11(23-14-5-2-12(18)3-6-14)17(20)19-13-4-7-15-16(10-13)22-9-8-21-15/h2-7,10-11H,8-9H2,1H3,(H,19,20). The largest absolute Gasteiger partial charge is 0.486 e. The summed E-state index contributed by atoms with van der Waals surface area (Å²) < 4.78 is 17.7. The van der Waals surface area contributed by atoms with E-state index >= 15 is 0 Å². The highest BCUT2D eigenvalue weighted by Gasteiger charge is 2.17. The van der Waals surface area contributed by atoms with Gasteiger partial charge in [0, 0.05) is 15.3 Å². The van der Waals surface area contributed by atoms with E-state index in [0.717, 1.165) is 3.57 Å². The summed E-state index contributed by atoms with van der Waals surface area (Å²) >= 11 is 2.22. The summed E-state index contributed by atoms with van der Waals surface area (Å²) in [6.07, 6.45) is -0.608. The predicted octanol–water partition coefficient (Wildman–Crippen LogP) is 3.47. The fraction of sp³-hybridized carbons (Fsp3) is 0.235. The fourth-order valence-electron chi connectivity index (χ4n) is 2.14. The monoisotopic (exact) mass is 425 g/mol. The van der Waals surface area contributed by atoms with Crippen molar-refractivity contribution in [2.24, 2.45) is 0 Å². The van der Waals surface area contributed by atoms with Gasteiger partial charge in [0.15, 0.2) is 17.6 Å². The van der Waals surface area contributed by atoms with E-state index in [-0.39, 0.29) is 5.91 Å². The van der Waals surface area contributed by atoms with Crippen LogP contribution in [0.2, 0.25) is 0 Å². The summed E-state index contributed by atoms with van der Waals surface area (Å²) in [5, 5.41) is 2.82. The minimum Gasteiger partial charge on any atom is -0.486 e. The van der Waals surface area contributed by atoms with Crippen LogP contribution in [0.15, 0.2) is 42.5 Å². The normalized spacial score (nSPS) is 14.0. The average Bonchev–Trinajstić information content (AvgIpc) is 2.56. The van der Waals surface area contributed by atoms with E-state index in [1.807, 2.05) is 24.3 Å². The van der Waals surface area contributed by atoms with Gasteiger partial charge in [0.1, 0.15) is 19.0 Å². The number of ether oxygens (including phenoxy) is 3. The number of carbonyl (C=O) groups excluding carboxylic acids is 1. The van der Waals surface area contributed by atoms with Gasteiger partial charge in [0.25, 0.3) is 5.91 Å². The Labute approximate surface area is 148 Å². The quantitative estimate of drug-likeness (QED) is 0.763. The van der Waals surface area contributed by atoms with Crippen LogP contribution < -0.4 is 19.5 Å². The Hall–Kier alpha value is -1.96. The third-order valence-electron chi connectivity index (χ3n) is 3.31. The van der Waals surface area contributed by atoms with E-state index in [1.54, 1.807) is 25.1 Å². The SMILES string of the molecule is CC(Oc1ccc(I)cc1)C(=O)Nc1ccc2c(c1)OCCO2. The topological polar surface area (TPSA) is 56.8 Å². The molecule has 2 aromatic carbocycles. The zero-order chi connectivity index (χ0) is 16.2. The molecule has 0 bridgehead atoms. The van der Waals surface area contributed by atoms with Gasteiger partial charge in [-0.1, -0.05) is 0 Å². The van der Waals surface area contributed by atoms with E-state index in [2.05, 4.69) is 27.9 Å².